The van der Waals surface area contributed by atoms with Gasteiger partial charge in [-0.15, -0.1) is 0 Å². The zero-order chi connectivity index (χ0) is 12.7. The summed E-state index contributed by atoms with van der Waals surface area (Å²) in [7, 11) is 1.51. The highest BCUT2D eigenvalue weighted by molar-refractivity contribution is 5.86. The molecule has 0 aromatic carbocycles. The maximum atomic E-state index is 11.4. The van der Waals surface area contributed by atoms with Crippen LogP contribution in [0.1, 0.15) is 19.8 Å². The standard InChI is InChI=1S/C9H16N2O5/c1-3-4-11(2)9(16)10-6(8(14)15)5-7(12)13/h6H,3-5H2,1-2H3,(H,10,16)(H,12,13)(H,14,15)/t6-/m1/s1. The summed E-state index contributed by atoms with van der Waals surface area (Å²) < 4.78 is 0. The maximum Gasteiger partial charge on any atom is 0.326 e. The van der Waals surface area contributed by atoms with Gasteiger partial charge in [0.15, 0.2) is 0 Å². The predicted octanol–water partition coefficient (Wildman–Crippen LogP) is -0.0343. The van der Waals surface area contributed by atoms with Gasteiger partial charge < -0.3 is 20.4 Å². The summed E-state index contributed by atoms with van der Waals surface area (Å²) in [6.45, 7) is 2.35. The first-order valence-corrected chi connectivity index (χ1v) is 4.84. The van der Waals surface area contributed by atoms with Crippen LogP contribution in [0.15, 0.2) is 0 Å². The van der Waals surface area contributed by atoms with Crippen LogP contribution in [0.5, 0.6) is 0 Å². The summed E-state index contributed by atoms with van der Waals surface area (Å²) in [5.41, 5.74) is 0. The Kier molecular flexibility index (Phi) is 5.91. The maximum absolute atomic E-state index is 11.4. The molecule has 0 radical (unpaired) electrons. The van der Waals surface area contributed by atoms with Crippen molar-refractivity contribution < 1.29 is 24.6 Å². The van der Waals surface area contributed by atoms with Crippen LogP contribution < -0.4 is 5.32 Å². The molecule has 0 unspecified atom stereocenters. The smallest absolute Gasteiger partial charge is 0.326 e. The van der Waals surface area contributed by atoms with Gasteiger partial charge in [-0.05, 0) is 6.42 Å². The largest absolute Gasteiger partial charge is 0.481 e. The molecular formula is C9H16N2O5. The molecule has 0 saturated carbocycles. The fourth-order valence-corrected chi connectivity index (χ4v) is 1.07. The molecule has 0 spiro atoms. The number of rotatable bonds is 6. The number of aliphatic carboxylic acids is 2. The van der Waals surface area contributed by atoms with E-state index in [2.05, 4.69) is 5.32 Å². The van der Waals surface area contributed by atoms with E-state index in [9.17, 15) is 14.4 Å². The van der Waals surface area contributed by atoms with Gasteiger partial charge in [-0.25, -0.2) is 9.59 Å². The number of nitrogens with one attached hydrogen (secondary N) is 1. The molecule has 92 valence electrons. The minimum atomic E-state index is -1.40. The lowest BCUT2D eigenvalue weighted by Crippen LogP contribution is -2.47. The summed E-state index contributed by atoms with van der Waals surface area (Å²) in [6.07, 6.45) is 0.0988. The third-order valence-electron chi connectivity index (χ3n) is 1.88. The molecule has 1 atom stereocenters. The highest BCUT2D eigenvalue weighted by Crippen LogP contribution is 1.95. The Morgan fingerprint density at radius 1 is 1.31 bits per heavy atom. The lowest BCUT2D eigenvalue weighted by Gasteiger charge is -2.19. The molecule has 7 heteroatoms. The number of urea groups is 1. The van der Waals surface area contributed by atoms with Gasteiger partial charge in [0.25, 0.3) is 0 Å². The average molecular weight is 232 g/mol. The molecule has 0 aromatic heterocycles. The zero-order valence-electron chi connectivity index (χ0n) is 9.27. The zero-order valence-corrected chi connectivity index (χ0v) is 9.27. The van der Waals surface area contributed by atoms with Gasteiger partial charge in [0.1, 0.15) is 6.04 Å². The molecule has 0 saturated heterocycles. The highest BCUT2D eigenvalue weighted by atomic mass is 16.4. The monoisotopic (exact) mass is 232 g/mol. The quantitative estimate of drug-likeness (QED) is 0.596. The second kappa shape index (κ2) is 6.65. The summed E-state index contributed by atoms with van der Waals surface area (Å²) in [4.78, 5) is 33.7. The first-order valence-electron chi connectivity index (χ1n) is 4.84. The van der Waals surface area contributed by atoms with Crippen molar-refractivity contribution >= 4 is 18.0 Å². The topological polar surface area (TPSA) is 107 Å². The van der Waals surface area contributed by atoms with Crippen molar-refractivity contribution in [1.29, 1.82) is 0 Å². The van der Waals surface area contributed by atoms with Crippen LogP contribution in [-0.4, -0.2) is 52.7 Å². The Morgan fingerprint density at radius 3 is 2.25 bits per heavy atom. The van der Waals surface area contributed by atoms with Crippen LogP contribution in [-0.2, 0) is 9.59 Å². The van der Waals surface area contributed by atoms with Gasteiger partial charge >= 0.3 is 18.0 Å². The lowest BCUT2D eigenvalue weighted by atomic mass is 10.2. The van der Waals surface area contributed by atoms with Crippen LogP contribution in [0.3, 0.4) is 0 Å². The average Bonchev–Trinajstić information content (AvgIpc) is 2.16. The number of carbonyl (C=O) groups is 3. The Hall–Kier alpha value is -1.79. The fraction of sp³-hybridized carbons (Fsp3) is 0.667. The summed E-state index contributed by atoms with van der Waals surface area (Å²) in [5.74, 6) is -2.63. The number of carboxylic acids is 2. The van der Waals surface area contributed by atoms with E-state index in [4.69, 9.17) is 10.2 Å². The van der Waals surface area contributed by atoms with Crippen molar-refractivity contribution in [2.75, 3.05) is 13.6 Å². The third-order valence-corrected chi connectivity index (χ3v) is 1.88. The van der Waals surface area contributed by atoms with E-state index in [-0.39, 0.29) is 0 Å². The second-order valence-corrected chi connectivity index (χ2v) is 3.36. The first kappa shape index (κ1) is 14.2. The van der Waals surface area contributed by atoms with E-state index < -0.39 is 30.4 Å². The third kappa shape index (κ3) is 5.18. The molecule has 0 rings (SSSR count). The van der Waals surface area contributed by atoms with Gasteiger partial charge in [0.05, 0.1) is 6.42 Å². The SMILES string of the molecule is CCCN(C)C(=O)N[C@H](CC(=O)O)C(=O)O. The summed E-state index contributed by atoms with van der Waals surface area (Å²) in [5, 5.41) is 19.3. The molecule has 3 N–H and O–H groups in total. The first-order chi connectivity index (χ1) is 7.38. The molecule has 16 heavy (non-hydrogen) atoms. The number of hydrogen-bond donors (Lipinski definition) is 3. The second-order valence-electron chi connectivity index (χ2n) is 3.36. The number of nitrogens with zero attached hydrogens (tertiary/aromatic N) is 1. The lowest BCUT2D eigenvalue weighted by molar-refractivity contribution is -0.145. The van der Waals surface area contributed by atoms with Crippen LogP contribution in [0.2, 0.25) is 0 Å². The molecule has 0 aliphatic carbocycles. The summed E-state index contributed by atoms with van der Waals surface area (Å²) in [6, 6.07) is -1.99. The van der Waals surface area contributed by atoms with E-state index in [0.717, 1.165) is 6.42 Å². The van der Waals surface area contributed by atoms with Crippen molar-refractivity contribution in [3.05, 3.63) is 0 Å². The van der Waals surface area contributed by atoms with E-state index >= 15 is 0 Å². The number of carboxylic acid groups (broad SMARTS) is 2. The van der Waals surface area contributed by atoms with Gasteiger partial charge in [-0.1, -0.05) is 6.92 Å². The molecule has 0 aliphatic heterocycles. The minimum absolute atomic E-state index is 0.477. The van der Waals surface area contributed by atoms with Gasteiger partial charge in [0, 0.05) is 13.6 Å². The van der Waals surface area contributed by atoms with E-state index in [1.54, 1.807) is 0 Å². The predicted molar refractivity (Wildman–Crippen MR) is 55.1 cm³/mol. The van der Waals surface area contributed by atoms with E-state index in [0.29, 0.717) is 6.54 Å². The molecule has 0 heterocycles. The number of hydrogen-bond acceptors (Lipinski definition) is 3. The number of carbonyl (C=O) groups excluding carboxylic acids is 1. The van der Waals surface area contributed by atoms with Crippen LogP contribution in [0.4, 0.5) is 4.79 Å². The molecule has 0 aromatic rings. The molecule has 7 nitrogen and oxygen atoms in total. The normalized spacial score (nSPS) is 11.6. The van der Waals surface area contributed by atoms with Crippen molar-refractivity contribution in [1.82, 2.24) is 10.2 Å². The molecule has 0 fully saturated rings. The Morgan fingerprint density at radius 2 is 1.88 bits per heavy atom. The van der Waals surface area contributed by atoms with Gasteiger partial charge in [-0.2, -0.15) is 0 Å². The Labute approximate surface area is 93.0 Å². The van der Waals surface area contributed by atoms with Crippen molar-refractivity contribution in [2.24, 2.45) is 0 Å². The van der Waals surface area contributed by atoms with Crippen LogP contribution in [0, 0.1) is 0 Å². The van der Waals surface area contributed by atoms with Crippen LogP contribution in [0.25, 0.3) is 0 Å². The van der Waals surface area contributed by atoms with Crippen molar-refractivity contribution in [3.8, 4) is 0 Å². The van der Waals surface area contributed by atoms with Crippen LogP contribution >= 0.6 is 0 Å². The minimum Gasteiger partial charge on any atom is -0.481 e. The van der Waals surface area contributed by atoms with Crippen molar-refractivity contribution in [3.63, 3.8) is 0 Å². The molecule has 2 amide bonds. The van der Waals surface area contributed by atoms with E-state index in [1.165, 1.54) is 11.9 Å². The highest BCUT2D eigenvalue weighted by Gasteiger charge is 2.24. The van der Waals surface area contributed by atoms with Crippen molar-refractivity contribution in [2.45, 2.75) is 25.8 Å². The van der Waals surface area contributed by atoms with E-state index in [1.807, 2.05) is 6.92 Å². The van der Waals surface area contributed by atoms with Gasteiger partial charge in [0.2, 0.25) is 0 Å². The summed E-state index contributed by atoms with van der Waals surface area (Å²) >= 11 is 0. The van der Waals surface area contributed by atoms with Gasteiger partial charge in [-0.3, -0.25) is 4.79 Å². The Balaban J connectivity index is 4.34. The molecule has 0 aliphatic rings. The molecular weight excluding hydrogens is 216 g/mol. The fourth-order valence-electron chi connectivity index (χ4n) is 1.07. The molecule has 0 bridgehead atoms. The number of amides is 2. The Bertz CT molecular complexity index is 279.